The number of nitrogens with one attached hydrogen (secondary N) is 1. The van der Waals surface area contributed by atoms with Crippen LogP contribution in [0.15, 0.2) is 48.5 Å². The number of benzene rings is 2. The Hall–Kier alpha value is -2.62. The summed E-state index contributed by atoms with van der Waals surface area (Å²) in [6.45, 7) is 1.99. The Labute approximate surface area is 130 Å². The van der Waals surface area contributed by atoms with Crippen LogP contribution in [0, 0.1) is 6.92 Å². The van der Waals surface area contributed by atoms with E-state index in [0.29, 0.717) is 11.3 Å². The van der Waals surface area contributed by atoms with Gasteiger partial charge >= 0.3 is 0 Å². The molecule has 0 aliphatic heterocycles. The molecule has 0 aliphatic carbocycles. The van der Waals surface area contributed by atoms with Gasteiger partial charge in [-0.2, -0.15) is 0 Å². The van der Waals surface area contributed by atoms with Crippen LogP contribution in [0.5, 0.6) is 5.75 Å². The fourth-order valence-corrected chi connectivity index (χ4v) is 2.01. The average molecular weight is 297 g/mol. The zero-order chi connectivity index (χ0) is 15.9. The monoisotopic (exact) mass is 297 g/mol. The molecule has 0 saturated heterocycles. The van der Waals surface area contributed by atoms with Gasteiger partial charge in [0.2, 0.25) is 5.91 Å². The van der Waals surface area contributed by atoms with E-state index in [0.717, 1.165) is 11.3 Å². The third-order valence-corrected chi connectivity index (χ3v) is 3.33. The van der Waals surface area contributed by atoms with E-state index in [1.807, 2.05) is 31.2 Å². The highest BCUT2D eigenvalue weighted by molar-refractivity contribution is 6.00. The van der Waals surface area contributed by atoms with Gasteiger partial charge in [-0.1, -0.05) is 17.7 Å². The molecular weight excluding hydrogens is 278 g/mol. The van der Waals surface area contributed by atoms with E-state index >= 15 is 0 Å². The number of anilines is 1. The van der Waals surface area contributed by atoms with Crippen molar-refractivity contribution in [3.05, 3.63) is 59.7 Å². The third kappa shape index (κ3) is 4.45. The molecule has 0 fully saturated rings. The third-order valence-electron chi connectivity index (χ3n) is 3.33. The normalized spacial score (nSPS) is 10.1. The summed E-state index contributed by atoms with van der Waals surface area (Å²) in [7, 11) is 1.58. The van der Waals surface area contributed by atoms with Crippen molar-refractivity contribution in [3.8, 4) is 5.75 Å². The van der Waals surface area contributed by atoms with Crippen LogP contribution in [0.1, 0.15) is 28.8 Å². The molecule has 2 aromatic rings. The molecule has 22 heavy (non-hydrogen) atoms. The first-order valence-corrected chi connectivity index (χ1v) is 7.12. The lowest BCUT2D eigenvalue weighted by molar-refractivity contribution is -0.116. The fraction of sp³-hybridized carbons (Fsp3) is 0.222. The van der Waals surface area contributed by atoms with E-state index in [-0.39, 0.29) is 24.5 Å². The van der Waals surface area contributed by atoms with Crippen LogP contribution in [0.2, 0.25) is 0 Å². The van der Waals surface area contributed by atoms with Crippen LogP contribution >= 0.6 is 0 Å². The van der Waals surface area contributed by atoms with Crippen molar-refractivity contribution in [1.82, 2.24) is 0 Å². The predicted molar refractivity (Wildman–Crippen MR) is 86.4 cm³/mol. The molecule has 4 nitrogen and oxygen atoms in total. The molecule has 0 spiro atoms. The zero-order valence-corrected chi connectivity index (χ0v) is 12.8. The van der Waals surface area contributed by atoms with E-state index < -0.39 is 0 Å². The van der Waals surface area contributed by atoms with Crippen molar-refractivity contribution < 1.29 is 14.3 Å². The Balaban J connectivity index is 1.84. The van der Waals surface area contributed by atoms with Crippen molar-refractivity contribution in [3.63, 3.8) is 0 Å². The van der Waals surface area contributed by atoms with Crippen molar-refractivity contribution in [2.45, 2.75) is 19.8 Å². The Morgan fingerprint density at radius 3 is 2.18 bits per heavy atom. The molecule has 1 N–H and O–H groups in total. The summed E-state index contributed by atoms with van der Waals surface area (Å²) in [5, 5.41) is 2.78. The Bertz CT molecular complexity index is 645. The van der Waals surface area contributed by atoms with Crippen LogP contribution in [0.3, 0.4) is 0 Å². The maximum absolute atomic E-state index is 12.0. The van der Waals surface area contributed by atoms with Gasteiger partial charge in [-0.05, 0) is 43.3 Å². The van der Waals surface area contributed by atoms with Crippen molar-refractivity contribution in [1.29, 1.82) is 0 Å². The number of aryl methyl sites for hydroxylation is 1. The first-order valence-electron chi connectivity index (χ1n) is 7.12. The predicted octanol–water partition coefficient (Wildman–Crippen LogP) is 3.61. The minimum Gasteiger partial charge on any atom is -0.497 e. The molecule has 0 bridgehead atoms. The Morgan fingerprint density at radius 2 is 1.59 bits per heavy atom. The number of carbonyl (C=O) groups excluding carboxylic acids is 2. The van der Waals surface area contributed by atoms with Crippen molar-refractivity contribution >= 4 is 17.4 Å². The Morgan fingerprint density at radius 1 is 0.955 bits per heavy atom. The second-order valence-electron chi connectivity index (χ2n) is 5.07. The van der Waals surface area contributed by atoms with Crippen molar-refractivity contribution in [2.75, 3.05) is 12.4 Å². The highest BCUT2D eigenvalue weighted by Crippen LogP contribution is 2.14. The van der Waals surface area contributed by atoms with Crippen LogP contribution < -0.4 is 10.1 Å². The van der Waals surface area contributed by atoms with Crippen LogP contribution in [-0.2, 0) is 4.79 Å². The minimum atomic E-state index is -0.161. The van der Waals surface area contributed by atoms with Gasteiger partial charge in [-0.25, -0.2) is 0 Å². The maximum Gasteiger partial charge on any atom is 0.224 e. The zero-order valence-electron chi connectivity index (χ0n) is 12.8. The average Bonchev–Trinajstić information content (AvgIpc) is 2.55. The molecule has 4 heteroatoms. The van der Waals surface area contributed by atoms with Crippen LogP contribution in [-0.4, -0.2) is 18.8 Å². The lowest BCUT2D eigenvalue weighted by atomic mass is 10.1. The summed E-state index contributed by atoms with van der Waals surface area (Å²) in [6, 6.07) is 14.4. The lowest BCUT2D eigenvalue weighted by Gasteiger charge is -2.06. The largest absolute Gasteiger partial charge is 0.497 e. The molecule has 0 unspecified atom stereocenters. The minimum absolute atomic E-state index is 0.0540. The molecule has 1 amide bonds. The number of hydrogen-bond acceptors (Lipinski definition) is 3. The maximum atomic E-state index is 12.0. The second kappa shape index (κ2) is 7.41. The molecule has 0 aromatic heterocycles. The first kappa shape index (κ1) is 15.8. The lowest BCUT2D eigenvalue weighted by Crippen LogP contribution is -2.13. The summed E-state index contributed by atoms with van der Waals surface area (Å²) >= 11 is 0. The molecule has 2 aromatic carbocycles. The fourth-order valence-electron chi connectivity index (χ4n) is 2.01. The van der Waals surface area contributed by atoms with E-state index in [1.165, 1.54) is 0 Å². The number of amides is 1. The highest BCUT2D eigenvalue weighted by atomic mass is 16.5. The second-order valence-corrected chi connectivity index (χ2v) is 5.07. The van der Waals surface area contributed by atoms with E-state index in [2.05, 4.69) is 5.32 Å². The van der Waals surface area contributed by atoms with E-state index in [9.17, 15) is 9.59 Å². The smallest absolute Gasteiger partial charge is 0.224 e. The molecule has 0 aliphatic rings. The molecule has 0 atom stereocenters. The van der Waals surface area contributed by atoms with Gasteiger partial charge in [0.05, 0.1) is 7.11 Å². The highest BCUT2D eigenvalue weighted by Gasteiger charge is 2.09. The van der Waals surface area contributed by atoms with E-state index in [4.69, 9.17) is 4.74 Å². The number of ketones is 1. The number of carbonyl (C=O) groups is 2. The Kier molecular flexibility index (Phi) is 5.31. The first-order chi connectivity index (χ1) is 10.6. The quantitative estimate of drug-likeness (QED) is 0.829. The molecular formula is C18H19NO3. The van der Waals surface area contributed by atoms with Crippen molar-refractivity contribution in [2.24, 2.45) is 0 Å². The van der Waals surface area contributed by atoms with Gasteiger partial charge in [-0.3, -0.25) is 9.59 Å². The van der Waals surface area contributed by atoms with Gasteiger partial charge in [-0.15, -0.1) is 0 Å². The molecule has 0 radical (unpaired) electrons. The van der Waals surface area contributed by atoms with Gasteiger partial charge in [0.1, 0.15) is 5.75 Å². The standard InChI is InChI=1S/C18H19NO3/c1-13-3-7-15(8-4-13)19-18(21)12-11-17(20)14-5-9-16(22-2)10-6-14/h3-10H,11-12H2,1-2H3,(H,19,21). The number of rotatable bonds is 6. The SMILES string of the molecule is COc1ccc(C(=O)CCC(=O)Nc2ccc(C)cc2)cc1. The van der Waals surface area contributed by atoms with Gasteiger partial charge in [0.15, 0.2) is 5.78 Å². The van der Waals surface area contributed by atoms with Gasteiger partial charge in [0.25, 0.3) is 0 Å². The van der Waals surface area contributed by atoms with E-state index in [1.54, 1.807) is 31.4 Å². The summed E-state index contributed by atoms with van der Waals surface area (Å²) in [5.41, 5.74) is 2.46. The number of Topliss-reactive ketones (excluding diaryl/α,β-unsaturated/α-hetero) is 1. The topological polar surface area (TPSA) is 55.4 Å². The number of methoxy groups -OCH3 is 1. The molecule has 0 saturated carbocycles. The summed E-state index contributed by atoms with van der Waals surface area (Å²) in [5.74, 6) is 0.487. The van der Waals surface area contributed by atoms with Crippen LogP contribution in [0.4, 0.5) is 5.69 Å². The molecule has 0 heterocycles. The number of hydrogen-bond donors (Lipinski definition) is 1. The number of ether oxygens (including phenoxy) is 1. The molecule has 114 valence electrons. The van der Waals surface area contributed by atoms with Gasteiger partial charge in [0, 0.05) is 24.1 Å². The summed E-state index contributed by atoms with van der Waals surface area (Å²) < 4.78 is 5.05. The summed E-state index contributed by atoms with van der Waals surface area (Å²) in [6.07, 6.45) is 0.350. The van der Waals surface area contributed by atoms with Gasteiger partial charge < -0.3 is 10.1 Å². The van der Waals surface area contributed by atoms with Crippen LogP contribution in [0.25, 0.3) is 0 Å². The molecule has 2 rings (SSSR count). The summed E-state index contributed by atoms with van der Waals surface area (Å²) in [4.78, 5) is 23.9.